The molecule has 31 heavy (non-hydrogen) atoms. The van der Waals surface area contributed by atoms with E-state index < -0.39 is 23.1 Å². The monoisotopic (exact) mass is 434 g/mol. The van der Waals surface area contributed by atoms with Gasteiger partial charge in [0, 0.05) is 26.2 Å². The molecule has 0 aromatic heterocycles. The molecular formula is C25H38O6. The molecule has 0 aromatic carbocycles. The smallest absolute Gasteiger partial charge is 0.305 e. The maximum atomic E-state index is 12.5. The number of hydrogen-bond acceptors (Lipinski definition) is 6. The van der Waals surface area contributed by atoms with E-state index in [0.717, 1.165) is 51.4 Å². The molecule has 0 radical (unpaired) electrons. The highest BCUT2D eigenvalue weighted by Crippen LogP contribution is 2.70. The Kier molecular flexibility index (Phi) is 5.77. The molecule has 0 saturated heterocycles. The molecule has 4 rings (SSSR count). The van der Waals surface area contributed by atoms with E-state index >= 15 is 0 Å². The molecule has 4 aliphatic rings. The minimum atomic E-state index is -1.20. The third-order valence-electron chi connectivity index (χ3n) is 9.94. The van der Waals surface area contributed by atoms with E-state index in [1.807, 2.05) is 0 Å². The second-order valence-electron chi connectivity index (χ2n) is 11.1. The molecular weight excluding hydrogens is 396 g/mol. The fourth-order valence-corrected chi connectivity index (χ4v) is 8.77. The molecule has 0 spiro atoms. The average Bonchev–Trinajstić information content (AvgIpc) is 3.04. The Balaban J connectivity index is 1.73. The number of ether oxygens (including phenoxy) is 2. The second kappa shape index (κ2) is 7.86. The van der Waals surface area contributed by atoms with Crippen molar-refractivity contribution in [2.75, 3.05) is 6.61 Å². The SMILES string of the molecule is CC(=O)OC1(OC(C)=O)CCC[C@H]2CC[C@H]3[C@@H]4CC[C@H](C(=O)CO)[C@@]4(C)CC[C@@H]3[C@]21C. The van der Waals surface area contributed by atoms with Gasteiger partial charge in [0.1, 0.15) is 6.61 Å². The van der Waals surface area contributed by atoms with Gasteiger partial charge in [-0.1, -0.05) is 13.8 Å². The average molecular weight is 435 g/mol. The fourth-order valence-electron chi connectivity index (χ4n) is 8.77. The number of ketones is 1. The first-order chi connectivity index (χ1) is 14.6. The molecule has 0 bridgehead atoms. The minimum absolute atomic E-state index is 0.0183. The third kappa shape index (κ3) is 3.27. The summed E-state index contributed by atoms with van der Waals surface area (Å²) < 4.78 is 11.9. The second-order valence-corrected chi connectivity index (χ2v) is 11.1. The summed E-state index contributed by atoms with van der Waals surface area (Å²) in [6.07, 6.45) is 8.36. The Morgan fingerprint density at radius 3 is 2.16 bits per heavy atom. The maximum Gasteiger partial charge on any atom is 0.305 e. The van der Waals surface area contributed by atoms with Crippen LogP contribution in [0.1, 0.15) is 85.5 Å². The Morgan fingerprint density at radius 1 is 0.871 bits per heavy atom. The molecule has 4 saturated carbocycles. The Labute approximate surface area is 185 Å². The molecule has 1 N–H and O–H groups in total. The van der Waals surface area contributed by atoms with Gasteiger partial charge >= 0.3 is 11.9 Å². The number of carbonyl (C=O) groups excluding carboxylic acids is 3. The Bertz CT molecular complexity index is 745. The molecule has 6 heteroatoms. The number of Topliss-reactive ketones (excluding diaryl/α,β-unsaturated/α-hetero) is 1. The van der Waals surface area contributed by atoms with Crippen molar-refractivity contribution in [1.29, 1.82) is 0 Å². The van der Waals surface area contributed by atoms with Crippen LogP contribution in [0.3, 0.4) is 0 Å². The van der Waals surface area contributed by atoms with Crippen LogP contribution in [0.25, 0.3) is 0 Å². The van der Waals surface area contributed by atoms with Crippen molar-refractivity contribution in [2.45, 2.75) is 91.3 Å². The number of fused-ring (bicyclic) bond motifs is 5. The third-order valence-corrected chi connectivity index (χ3v) is 9.94. The molecule has 0 unspecified atom stereocenters. The van der Waals surface area contributed by atoms with Crippen molar-refractivity contribution in [3.05, 3.63) is 0 Å². The lowest BCUT2D eigenvalue weighted by Gasteiger charge is -2.64. The van der Waals surface area contributed by atoms with Crippen molar-refractivity contribution < 1.29 is 29.0 Å². The van der Waals surface area contributed by atoms with E-state index in [1.54, 1.807) is 0 Å². The highest BCUT2D eigenvalue weighted by Gasteiger charge is 2.69. The minimum Gasteiger partial charge on any atom is -0.422 e. The number of rotatable bonds is 4. The molecule has 7 atom stereocenters. The summed E-state index contributed by atoms with van der Waals surface area (Å²) in [6.45, 7) is 6.88. The van der Waals surface area contributed by atoms with Crippen LogP contribution >= 0.6 is 0 Å². The molecule has 174 valence electrons. The van der Waals surface area contributed by atoms with Gasteiger partial charge in [-0.15, -0.1) is 0 Å². The number of aliphatic hydroxyl groups is 1. The molecule has 0 aliphatic heterocycles. The lowest BCUT2D eigenvalue weighted by Crippen LogP contribution is -2.66. The van der Waals surface area contributed by atoms with Gasteiger partial charge in [-0.2, -0.15) is 0 Å². The summed E-state index contributed by atoms with van der Waals surface area (Å²) in [5.74, 6) is -0.626. The zero-order chi connectivity index (χ0) is 22.6. The van der Waals surface area contributed by atoms with Gasteiger partial charge in [-0.3, -0.25) is 14.4 Å². The van der Waals surface area contributed by atoms with Crippen LogP contribution in [0.4, 0.5) is 0 Å². The van der Waals surface area contributed by atoms with E-state index in [4.69, 9.17) is 9.47 Å². The van der Waals surface area contributed by atoms with Crippen LogP contribution in [-0.4, -0.2) is 35.2 Å². The fraction of sp³-hybridized carbons (Fsp3) is 0.880. The van der Waals surface area contributed by atoms with Gasteiger partial charge in [-0.05, 0) is 80.5 Å². The van der Waals surface area contributed by atoms with Gasteiger partial charge in [-0.25, -0.2) is 0 Å². The first-order valence-electron chi connectivity index (χ1n) is 12.1. The van der Waals surface area contributed by atoms with Gasteiger partial charge in [0.2, 0.25) is 0 Å². The predicted molar refractivity (Wildman–Crippen MR) is 114 cm³/mol. The van der Waals surface area contributed by atoms with Crippen molar-refractivity contribution in [2.24, 2.45) is 40.4 Å². The van der Waals surface area contributed by atoms with E-state index in [1.165, 1.54) is 13.8 Å². The first kappa shape index (κ1) is 22.8. The Hall–Kier alpha value is -1.43. The van der Waals surface area contributed by atoms with Gasteiger partial charge < -0.3 is 14.6 Å². The standard InChI is InChI=1S/C25H38O6/c1-15(27)30-25(31-16(2)28)12-5-6-17-7-8-18-19-9-10-21(22(29)14-26)23(19,3)13-11-20(18)24(17,25)4/h17-21,26H,5-14H2,1-4H3/t17-,18-,19-,20-,21+,23-,24-/m0/s1. The van der Waals surface area contributed by atoms with Crippen LogP contribution in [0.15, 0.2) is 0 Å². The molecule has 0 aromatic rings. The van der Waals surface area contributed by atoms with Crippen molar-refractivity contribution in [3.63, 3.8) is 0 Å². The van der Waals surface area contributed by atoms with E-state index in [2.05, 4.69) is 13.8 Å². The summed E-state index contributed by atoms with van der Waals surface area (Å²) in [5.41, 5.74) is -0.504. The van der Waals surface area contributed by atoms with Crippen LogP contribution in [-0.2, 0) is 23.9 Å². The quantitative estimate of drug-likeness (QED) is 0.531. The summed E-state index contributed by atoms with van der Waals surface area (Å²) in [4.78, 5) is 36.9. The number of hydrogen-bond donors (Lipinski definition) is 1. The van der Waals surface area contributed by atoms with Crippen LogP contribution in [0.5, 0.6) is 0 Å². The topological polar surface area (TPSA) is 89.9 Å². The van der Waals surface area contributed by atoms with Crippen molar-refractivity contribution in [3.8, 4) is 0 Å². The lowest BCUT2D eigenvalue weighted by molar-refractivity contribution is -0.322. The van der Waals surface area contributed by atoms with Crippen LogP contribution in [0, 0.1) is 40.4 Å². The van der Waals surface area contributed by atoms with E-state index in [9.17, 15) is 19.5 Å². The largest absolute Gasteiger partial charge is 0.422 e. The molecule has 0 heterocycles. The summed E-state index contributed by atoms with van der Waals surface area (Å²) in [7, 11) is 0. The predicted octanol–water partition coefficient (Wildman–Crippen LogP) is 4.03. The first-order valence-corrected chi connectivity index (χ1v) is 12.1. The van der Waals surface area contributed by atoms with E-state index in [0.29, 0.717) is 24.2 Å². The van der Waals surface area contributed by atoms with Gasteiger partial charge in [0.05, 0.1) is 5.41 Å². The lowest BCUT2D eigenvalue weighted by atomic mass is 9.43. The van der Waals surface area contributed by atoms with Crippen molar-refractivity contribution in [1.82, 2.24) is 0 Å². The number of esters is 2. The number of aliphatic hydroxyl groups excluding tert-OH is 1. The summed E-state index contributed by atoms with van der Waals surface area (Å²) in [6, 6.07) is 0. The van der Waals surface area contributed by atoms with Crippen LogP contribution in [0.2, 0.25) is 0 Å². The summed E-state index contributed by atoms with van der Waals surface area (Å²) >= 11 is 0. The zero-order valence-corrected chi connectivity index (χ0v) is 19.4. The Morgan fingerprint density at radius 2 is 1.55 bits per heavy atom. The molecule has 0 amide bonds. The highest BCUT2D eigenvalue weighted by atomic mass is 16.7. The summed E-state index contributed by atoms with van der Waals surface area (Å²) in [5, 5.41) is 9.52. The van der Waals surface area contributed by atoms with Crippen molar-refractivity contribution >= 4 is 17.7 Å². The molecule has 4 fully saturated rings. The van der Waals surface area contributed by atoms with E-state index in [-0.39, 0.29) is 29.6 Å². The van der Waals surface area contributed by atoms with Crippen LogP contribution < -0.4 is 0 Å². The van der Waals surface area contributed by atoms with Gasteiger partial charge in [0.25, 0.3) is 5.79 Å². The normalized spacial score (nSPS) is 43.2. The zero-order valence-electron chi connectivity index (χ0n) is 19.4. The molecule has 4 aliphatic carbocycles. The highest BCUT2D eigenvalue weighted by molar-refractivity contribution is 5.83. The maximum absolute atomic E-state index is 12.5. The van der Waals surface area contributed by atoms with Gasteiger partial charge in [0.15, 0.2) is 5.78 Å². The number of carbonyl (C=O) groups is 3. The molecule has 6 nitrogen and oxygen atoms in total.